The molecular formula is C6H14NO. The zero-order chi connectivity index (χ0) is 6.62. The van der Waals surface area contributed by atoms with Gasteiger partial charge in [0.2, 0.25) is 0 Å². The zero-order valence-corrected chi connectivity index (χ0v) is 6.06. The standard InChI is InChI=1S/C6H14NO/c1-5-7-8-6(2,3)4/h5H2,1-4H3. The maximum atomic E-state index is 5.00. The van der Waals surface area contributed by atoms with E-state index in [1.54, 1.807) is 0 Å². The van der Waals surface area contributed by atoms with Crippen molar-refractivity contribution in [2.75, 3.05) is 6.54 Å². The lowest BCUT2D eigenvalue weighted by Crippen LogP contribution is -2.24. The van der Waals surface area contributed by atoms with Gasteiger partial charge >= 0.3 is 0 Å². The van der Waals surface area contributed by atoms with Gasteiger partial charge in [-0.25, -0.2) is 0 Å². The first-order valence-corrected chi connectivity index (χ1v) is 2.91. The second-order valence-electron chi connectivity index (χ2n) is 2.65. The van der Waals surface area contributed by atoms with Crippen molar-refractivity contribution >= 4 is 0 Å². The smallest absolute Gasteiger partial charge is 0.0833 e. The highest BCUT2D eigenvalue weighted by molar-refractivity contribution is 4.55. The predicted octanol–water partition coefficient (Wildman–Crippen LogP) is 1.34. The number of nitrogens with zero attached hydrogens (tertiary/aromatic N) is 1. The second-order valence-corrected chi connectivity index (χ2v) is 2.65. The fourth-order valence-corrected chi connectivity index (χ4v) is 0.258. The minimum absolute atomic E-state index is 0.115. The normalized spacial score (nSPS) is 12.0. The Labute approximate surface area is 51.2 Å². The van der Waals surface area contributed by atoms with E-state index in [1.807, 2.05) is 27.7 Å². The first-order chi connectivity index (χ1) is 3.56. The maximum Gasteiger partial charge on any atom is 0.0833 e. The molecule has 49 valence electrons. The van der Waals surface area contributed by atoms with E-state index < -0.39 is 0 Å². The summed E-state index contributed by atoms with van der Waals surface area (Å²) in [7, 11) is 0. The van der Waals surface area contributed by atoms with Crippen LogP contribution in [0.25, 0.3) is 0 Å². The molecule has 0 saturated carbocycles. The molecular weight excluding hydrogens is 102 g/mol. The third kappa shape index (κ3) is 5.92. The van der Waals surface area contributed by atoms with Crippen LogP contribution in [0.3, 0.4) is 0 Å². The number of hydrogen-bond donors (Lipinski definition) is 0. The lowest BCUT2D eigenvalue weighted by atomic mass is 10.2. The summed E-state index contributed by atoms with van der Waals surface area (Å²) in [4.78, 5) is 5.00. The molecule has 0 bridgehead atoms. The maximum absolute atomic E-state index is 5.00. The predicted molar refractivity (Wildman–Crippen MR) is 33.5 cm³/mol. The van der Waals surface area contributed by atoms with Crippen LogP contribution in [-0.2, 0) is 4.84 Å². The zero-order valence-electron chi connectivity index (χ0n) is 6.06. The third-order valence-electron chi connectivity index (χ3n) is 0.468. The number of rotatable bonds is 2. The van der Waals surface area contributed by atoms with Gasteiger partial charge in [-0.1, -0.05) is 5.48 Å². The van der Waals surface area contributed by atoms with E-state index in [0.29, 0.717) is 0 Å². The van der Waals surface area contributed by atoms with Crippen LogP contribution in [0.15, 0.2) is 0 Å². The fourth-order valence-electron chi connectivity index (χ4n) is 0.258. The Balaban J connectivity index is 3.11. The van der Waals surface area contributed by atoms with Crippen molar-refractivity contribution in [2.24, 2.45) is 0 Å². The second kappa shape index (κ2) is 3.05. The molecule has 0 aliphatic heterocycles. The van der Waals surface area contributed by atoms with Gasteiger partial charge in [-0.05, 0) is 27.7 Å². The van der Waals surface area contributed by atoms with Gasteiger partial charge in [0.15, 0.2) is 0 Å². The Kier molecular flexibility index (Phi) is 3.02. The van der Waals surface area contributed by atoms with Gasteiger partial charge in [-0.15, -0.1) is 0 Å². The van der Waals surface area contributed by atoms with Crippen LogP contribution in [0, 0.1) is 0 Å². The van der Waals surface area contributed by atoms with Crippen molar-refractivity contribution in [3.8, 4) is 0 Å². The Hall–Kier alpha value is -0.0800. The van der Waals surface area contributed by atoms with Crippen molar-refractivity contribution in [3.63, 3.8) is 0 Å². The molecule has 0 aromatic heterocycles. The highest BCUT2D eigenvalue weighted by Gasteiger charge is 2.09. The summed E-state index contributed by atoms with van der Waals surface area (Å²) < 4.78 is 0. The summed E-state index contributed by atoms with van der Waals surface area (Å²) in [5.74, 6) is 0. The minimum atomic E-state index is -0.115. The van der Waals surface area contributed by atoms with Gasteiger partial charge < -0.3 is 0 Å². The lowest BCUT2D eigenvalue weighted by molar-refractivity contribution is -0.0764. The molecule has 0 N–H and O–H groups in total. The molecule has 0 aromatic carbocycles. The van der Waals surface area contributed by atoms with Crippen molar-refractivity contribution in [1.29, 1.82) is 0 Å². The number of hydrogen-bond acceptors (Lipinski definition) is 1. The molecule has 0 saturated heterocycles. The Morgan fingerprint density at radius 2 is 1.88 bits per heavy atom. The molecule has 0 fully saturated rings. The monoisotopic (exact) mass is 116 g/mol. The van der Waals surface area contributed by atoms with Crippen LogP contribution >= 0.6 is 0 Å². The SMILES string of the molecule is CC[N]OC(C)(C)C. The average Bonchev–Trinajstić information content (AvgIpc) is 1.59. The highest BCUT2D eigenvalue weighted by Crippen LogP contribution is 2.03. The average molecular weight is 116 g/mol. The van der Waals surface area contributed by atoms with E-state index in [4.69, 9.17) is 4.84 Å². The first kappa shape index (κ1) is 7.92. The molecule has 1 radical (unpaired) electrons. The van der Waals surface area contributed by atoms with E-state index >= 15 is 0 Å². The fraction of sp³-hybridized carbons (Fsp3) is 1.00. The molecule has 0 atom stereocenters. The molecule has 0 aromatic rings. The van der Waals surface area contributed by atoms with Gasteiger partial charge in [-0.2, -0.15) is 0 Å². The van der Waals surface area contributed by atoms with E-state index in [0.717, 1.165) is 6.54 Å². The molecule has 2 heteroatoms. The van der Waals surface area contributed by atoms with Crippen LogP contribution in [0.1, 0.15) is 27.7 Å². The van der Waals surface area contributed by atoms with Gasteiger partial charge in [0, 0.05) is 6.54 Å². The summed E-state index contributed by atoms with van der Waals surface area (Å²) in [5.41, 5.74) is 3.63. The van der Waals surface area contributed by atoms with Crippen LogP contribution in [0.2, 0.25) is 0 Å². The van der Waals surface area contributed by atoms with E-state index in [1.165, 1.54) is 0 Å². The van der Waals surface area contributed by atoms with Crippen LogP contribution < -0.4 is 5.48 Å². The molecule has 0 rings (SSSR count). The first-order valence-electron chi connectivity index (χ1n) is 2.91. The molecule has 2 nitrogen and oxygen atoms in total. The molecule has 0 aliphatic rings. The largest absolute Gasteiger partial charge is 0.276 e. The number of hydroxylamine groups is 1. The van der Waals surface area contributed by atoms with Crippen LogP contribution in [0.5, 0.6) is 0 Å². The van der Waals surface area contributed by atoms with Gasteiger partial charge in [0.1, 0.15) is 0 Å². The summed E-state index contributed by atoms with van der Waals surface area (Å²) in [6.07, 6.45) is 0. The Morgan fingerprint density at radius 1 is 1.38 bits per heavy atom. The summed E-state index contributed by atoms with van der Waals surface area (Å²) in [6.45, 7) is 8.62. The molecule has 0 spiro atoms. The Morgan fingerprint density at radius 3 is 2.00 bits per heavy atom. The quantitative estimate of drug-likeness (QED) is 0.499. The molecule has 0 amide bonds. The minimum Gasteiger partial charge on any atom is -0.276 e. The summed E-state index contributed by atoms with van der Waals surface area (Å²) in [6, 6.07) is 0. The Bertz CT molecular complexity index is 56.0. The van der Waals surface area contributed by atoms with Crippen LogP contribution in [0.4, 0.5) is 0 Å². The molecule has 8 heavy (non-hydrogen) atoms. The van der Waals surface area contributed by atoms with Gasteiger partial charge in [-0.3, -0.25) is 4.84 Å². The topological polar surface area (TPSA) is 23.3 Å². The lowest BCUT2D eigenvalue weighted by Gasteiger charge is -2.16. The summed E-state index contributed by atoms with van der Waals surface area (Å²) >= 11 is 0. The van der Waals surface area contributed by atoms with E-state index in [2.05, 4.69) is 5.48 Å². The van der Waals surface area contributed by atoms with Crippen molar-refractivity contribution < 1.29 is 4.84 Å². The third-order valence-corrected chi connectivity index (χ3v) is 0.468. The van der Waals surface area contributed by atoms with E-state index in [-0.39, 0.29) is 5.60 Å². The molecule has 0 heterocycles. The van der Waals surface area contributed by atoms with Crippen molar-refractivity contribution in [1.82, 2.24) is 5.48 Å². The molecule has 0 aliphatic carbocycles. The van der Waals surface area contributed by atoms with Crippen molar-refractivity contribution in [2.45, 2.75) is 33.3 Å². The van der Waals surface area contributed by atoms with Gasteiger partial charge in [0.25, 0.3) is 0 Å². The van der Waals surface area contributed by atoms with Crippen molar-refractivity contribution in [3.05, 3.63) is 0 Å². The highest BCUT2D eigenvalue weighted by atomic mass is 16.7. The molecule has 0 unspecified atom stereocenters. The van der Waals surface area contributed by atoms with E-state index in [9.17, 15) is 0 Å². The summed E-state index contributed by atoms with van der Waals surface area (Å²) in [5, 5.41) is 0. The van der Waals surface area contributed by atoms with Gasteiger partial charge in [0.05, 0.1) is 5.60 Å². The van der Waals surface area contributed by atoms with Crippen LogP contribution in [-0.4, -0.2) is 12.1 Å².